The molecular weight excluding hydrogens is 435 g/mol. The molecule has 2 aliphatic heterocycles. The molecule has 1 fully saturated rings. The first-order chi connectivity index (χ1) is 15.8. The van der Waals surface area contributed by atoms with Crippen LogP contribution in [-0.4, -0.2) is 48.7 Å². The van der Waals surface area contributed by atoms with Crippen molar-refractivity contribution in [2.75, 3.05) is 33.4 Å². The highest BCUT2D eigenvalue weighted by molar-refractivity contribution is 5.95. The molecule has 3 heterocycles. The number of nitrogens with zero attached hydrogens (tertiary/aromatic N) is 2. The van der Waals surface area contributed by atoms with E-state index in [2.05, 4.69) is 12.2 Å². The molecule has 180 valence electrons. The summed E-state index contributed by atoms with van der Waals surface area (Å²) < 4.78 is 52.7. The highest BCUT2D eigenvalue weighted by Gasteiger charge is 2.44. The maximum absolute atomic E-state index is 13.4. The molecule has 1 aromatic carbocycles. The van der Waals surface area contributed by atoms with Crippen LogP contribution in [-0.2, 0) is 18.3 Å². The van der Waals surface area contributed by atoms with Crippen LogP contribution in [0.2, 0.25) is 0 Å². The fourth-order valence-electron chi connectivity index (χ4n) is 4.83. The smallest absolute Gasteiger partial charge is 0.431 e. The van der Waals surface area contributed by atoms with Gasteiger partial charge in [-0.1, -0.05) is 13.3 Å². The van der Waals surface area contributed by atoms with Crippen molar-refractivity contribution in [1.82, 2.24) is 14.8 Å². The van der Waals surface area contributed by atoms with E-state index in [0.29, 0.717) is 61.8 Å². The minimum atomic E-state index is -4.38. The summed E-state index contributed by atoms with van der Waals surface area (Å²) in [6.07, 6.45) is -1.37. The third kappa shape index (κ3) is 4.55. The number of nitrogens with one attached hydrogen (secondary N) is 1. The van der Waals surface area contributed by atoms with Crippen LogP contribution in [0.15, 0.2) is 30.3 Å². The average molecular weight is 466 g/mol. The number of unbranched alkanes of at least 4 members (excludes halogenated alkanes) is 1. The first-order valence-electron chi connectivity index (χ1n) is 11.4. The summed E-state index contributed by atoms with van der Waals surface area (Å²) in [4.78, 5) is 15.0. The van der Waals surface area contributed by atoms with Crippen molar-refractivity contribution in [3.8, 4) is 11.5 Å². The zero-order chi connectivity index (χ0) is 23.6. The third-order valence-corrected chi connectivity index (χ3v) is 6.63. The van der Waals surface area contributed by atoms with Crippen LogP contribution in [0.4, 0.5) is 13.2 Å². The van der Waals surface area contributed by atoms with Gasteiger partial charge in [-0.05, 0) is 49.6 Å². The molecule has 4 rings (SSSR count). The summed E-state index contributed by atoms with van der Waals surface area (Å²) in [5.41, 5.74) is 0.0138. The molecule has 0 atom stereocenters. The minimum absolute atomic E-state index is 0.116. The number of ether oxygens (including phenoxy) is 2. The van der Waals surface area contributed by atoms with Gasteiger partial charge in [0.05, 0.1) is 19.3 Å². The van der Waals surface area contributed by atoms with E-state index in [9.17, 15) is 18.0 Å². The fourth-order valence-corrected chi connectivity index (χ4v) is 4.83. The SMILES string of the molecule is CCCCOc1cc(C(=O)N2CCC3(CC2)NCCn2c(C(F)(F)F)ccc23)ccc1OC. The van der Waals surface area contributed by atoms with E-state index in [1.165, 1.54) is 10.6 Å². The molecule has 1 N–H and O–H groups in total. The number of carbonyl (C=O) groups is 1. The molecule has 2 aliphatic rings. The second-order valence-electron chi connectivity index (χ2n) is 8.62. The standard InChI is InChI=1S/C24H30F3N3O3/c1-3-4-15-33-19-16-17(5-6-18(19)32-2)22(31)29-12-9-23(10-13-29)20-7-8-21(24(25,26)27)30(20)14-11-28-23/h5-8,16,28H,3-4,9-15H2,1-2H3. The number of rotatable bonds is 6. The number of halogens is 3. The van der Waals surface area contributed by atoms with Crippen molar-refractivity contribution >= 4 is 5.91 Å². The topological polar surface area (TPSA) is 55.7 Å². The first-order valence-corrected chi connectivity index (χ1v) is 11.4. The molecule has 33 heavy (non-hydrogen) atoms. The number of piperidine rings is 1. The predicted molar refractivity (Wildman–Crippen MR) is 118 cm³/mol. The largest absolute Gasteiger partial charge is 0.493 e. The van der Waals surface area contributed by atoms with Crippen molar-refractivity contribution < 1.29 is 27.4 Å². The van der Waals surface area contributed by atoms with E-state index in [-0.39, 0.29) is 12.5 Å². The van der Waals surface area contributed by atoms with Gasteiger partial charge in [0.15, 0.2) is 11.5 Å². The molecule has 6 nitrogen and oxygen atoms in total. The maximum Gasteiger partial charge on any atom is 0.431 e. The number of hydrogen-bond acceptors (Lipinski definition) is 4. The normalized spacial score (nSPS) is 17.7. The number of alkyl halides is 3. The van der Waals surface area contributed by atoms with E-state index in [0.717, 1.165) is 12.8 Å². The van der Waals surface area contributed by atoms with Gasteiger partial charge in [0.2, 0.25) is 0 Å². The number of carbonyl (C=O) groups excluding carboxylic acids is 1. The van der Waals surface area contributed by atoms with Crippen molar-refractivity contribution in [3.63, 3.8) is 0 Å². The number of amides is 1. The minimum Gasteiger partial charge on any atom is -0.493 e. The highest BCUT2D eigenvalue weighted by atomic mass is 19.4. The zero-order valence-electron chi connectivity index (χ0n) is 19.0. The molecule has 1 saturated heterocycles. The Morgan fingerprint density at radius 1 is 1.12 bits per heavy atom. The molecule has 0 saturated carbocycles. The summed E-state index contributed by atoms with van der Waals surface area (Å²) in [5, 5.41) is 3.44. The molecule has 2 aromatic rings. The van der Waals surface area contributed by atoms with E-state index >= 15 is 0 Å². The molecule has 0 aliphatic carbocycles. The lowest BCUT2D eigenvalue weighted by atomic mass is 9.83. The first kappa shape index (κ1) is 23.5. The third-order valence-electron chi connectivity index (χ3n) is 6.63. The van der Waals surface area contributed by atoms with E-state index in [1.807, 2.05) is 0 Å². The Kier molecular flexibility index (Phi) is 6.61. The number of benzene rings is 1. The van der Waals surface area contributed by atoms with Gasteiger partial charge in [0, 0.05) is 37.4 Å². The lowest BCUT2D eigenvalue weighted by Gasteiger charge is -2.45. The van der Waals surface area contributed by atoms with E-state index < -0.39 is 17.4 Å². The molecule has 1 amide bonds. The van der Waals surface area contributed by atoms with E-state index in [1.54, 1.807) is 36.3 Å². The van der Waals surface area contributed by atoms with Crippen LogP contribution in [0.1, 0.15) is 54.4 Å². The number of likely N-dealkylation sites (tertiary alicyclic amines) is 1. The van der Waals surface area contributed by atoms with Crippen LogP contribution in [0, 0.1) is 0 Å². The quantitative estimate of drug-likeness (QED) is 0.642. The number of aromatic nitrogens is 1. The number of hydrogen-bond donors (Lipinski definition) is 1. The Labute approximate surface area is 191 Å². The van der Waals surface area contributed by atoms with Gasteiger partial charge >= 0.3 is 6.18 Å². The van der Waals surface area contributed by atoms with Crippen LogP contribution >= 0.6 is 0 Å². The van der Waals surface area contributed by atoms with Gasteiger partial charge in [-0.3, -0.25) is 4.79 Å². The Morgan fingerprint density at radius 2 is 1.88 bits per heavy atom. The van der Waals surface area contributed by atoms with Gasteiger partial charge in [0.25, 0.3) is 5.91 Å². The monoisotopic (exact) mass is 465 g/mol. The Balaban J connectivity index is 1.48. The van der Waals surface area contributed by atoms with Crippen LogP contribution in [0.3, 0.4) is 0 Å². The van der Waals surface area contributed by atoms with E-state index in [4.69, 9.17) is 9.47 Å². The summed E-state index contributed by atoms with van der Waals surface area (Å²) in [6, 6.07) is 7.90. The fraction of sp³-hybridized carbons (Fsp3) is 0.542. The Hall–Kier alpha value is -2.68. The highest BCUT2D eigenvalue weighted by Crippen LogP contribution is 2.40. The molecule has 1 spiro atoms. The zero-order valence-corrected chi connectivity index (χ0v) is 19.0. The van der Waals surface area contributed by atoms with Crippen LogP contribution < -0.4 is 14.8 Å². The summed E-state index contributed by atoms with van der Waals surface area (Å²) in [5.74, 6) is 1.000. The molecular formula is C24H30F3N3O3. The second kappa shape index (κ2) is 9.29. The van der Waals surface area contributed by atoms with Gasteiger partial charge in [-0.2, -0.15) is 13.2 Å². The number of methoxy groups -OCH3 is 1. The molecule has 0 bridgehead atoms. The van der Waals surface area contributed by atoms with Crippen LogP contribution in [0.5, 0.6) is 11.5 Å². The van der Waals surface area contributed by atoms with Crippen molar-refractivity contribution in [2.24, 2.45) is 0 Å². The molecule has 0 unspecified atom stereocenters. The Morgan fingerprint density at radius 3 is 2.55 bits per heavy atom. The lowest BCUT2D eigenvalue weighted by Crippen LogP contribution is -2.56. The van der Waals surface area contributed by atoms with Crippen molar-refractivity contribution in [1.29, 1.82) is 0 Å². The van der Waals surface area contributed by atoms with Gasteiger partial charge in [-0.15, -0.1) is 0 Å². The molecule has 0 radical (unpaired) electrons. The lowest BCUT2D eigenvalue weighted by molar-refractivity contribution is -0.144. The maximum atomic E-state index is 13.4. The summed E-state index contributed by atoms with van der Waals surface area (Å²) >= 11 is 0. The molecule has 1 aromatic heterocycles. The number of fused-ring (bicyclic) bond motifs is 2. The second-order valence-corrected chi connectivity index (χ2v) is 8.62. The summed E-state index contributed by atoms with van der Waals surface area (Å²) in [6.45, 7) is 4.28. The van der Waals surface area contributed by atoms with Crippen molar-refractivity contribution in [3.05, 3.63) is 47.3 Å². The van der Waals surface area contributed by atoms with Crippen molar-refractivity contribution in [2.45, 2.75) is 50.9 Å². The van der Waals surface area contributed by atoms with Crippen LogP contribution in [0.25, 0.3) is 0 Å². The molecule has 9 heteroatoms. The summed E-state index contributed by atoms with van der Waals surface area (Å²) in [7, 11) is 1.56. The van der Waals surface area contributed by atoms with Gasteiger partial charge < -0.3 is 24.3 Å². The Bertz CT molecular complexity index is 995. The average Bonchev–Trinajstić information content (AvgIpc) is 3.26. The predicted octanol–water partition coefficient (Wildman–Crippen LogP) is 4.43. The van der Waals surface area contributed by atoms with Gasteiger partial charge in [0.1, 0.15) is 5.69 Å². The van der Waals surface area contributed by atoms with Gasteiger partial charge in [-0.25, -0.2) is 0 Å².